The van der Waals surface area contributed by atoms with Crippen molar-refractivity contribution >= 4 is 11.8 Å². The third-order valence-corrected chi connectivity index (χ3v) is 5.44. The Morgan fingerprint density at radius 1 is 1.62 bits per heavy atom. The molecule has 3 atom stereocenters. The SMILES string of the molecule is CCC(F)(CN)C1CCOC2(CCSC2)C1. The summed E-state index contributed by atoms with van der Waals surface area (Å²) < 4.78 is 20.5. The second-order valence-corrected chi connectivity index (χ2v) is 6.22. The number of hydrogen-bond donors (Lipinski definition) is 1. The quantitative estimate of drug-likeness (QED) is 0.831. The van der Waals surface area contributed by atoms with E-state index in [1.165, 1.54) is 0 Å². The Kier molecular flexibility index (Phi) is 3.82. The van der Waals surface area contributed by atoms with Gasteiger partial charge < -0.3 is 10.5 Å². The fraction of sp³-hybridized carbons (Fsp3) is 1.00. The standard InChI is InChI=1S/C12H22FNOS/c1-2-12(13,8-14)10-3-5-15-11(7-10)4-6-16-9-11/h10H,2-9,14H2,1H3. The topological polar surface area (TPSA) is 35.2 Å². The van der Waals surface area contributed by atoms with Crippen LogP contribution in [-0.4, -0.2) is 35.9 Å². The van der Waals surface area contributed by atoms with Crippen LogP contribution in [-0.2, 0) is 4.74 Å². The van der Waals surface area contributed by atoms with Crippen LogP contribution in [0.1, 0.15) is 32.6 Å². The van der Waals surface area contributed by atoms with Crippen LogP contribution in [0.2, 0.25) is 0 Å². The van der Waals surface area contributed by atoms with Gasteiger partial charge in [0.1, 0.15) is 5.67 Å². The minimum Gasteiger partial charge on any atom is -0.374 e. The molecule has 0 bridgehead atoms. The summed E-state index contributed by atoms with van der Waals surface area (Å²) in [6.07, 6.45) is 3.30. The van der Waals surface area contributed by atoms with Crippen molar-refractivity contribution in [3.05, 3.63) is 0 Å². The summed E-state index contributed by atoms with van der Waals surface area (Å²) in [4.78, 5) is 0. The second-order valence-electron chi connectivity index (χ2n) is 5.12. The van der Waals surface area contributed by atoms with Gasteiger partial charge in [0.15, 0.2) is 0 Å². The average Bonchev–Trinajstić information content (AvgIpc) is 2.76. The van der Waals surface area contributed by atoms with E-state index < -0.39 is 5.67 Å². The predicted molar refractivity (Wildman–Crippen MR) is 66.5 cm³/mol. The summed E-state index contributed by atoms with van der Waals surface area (Å²) in [5.74, 6) is 2.28. The van der Waals surface area contributed by atoms with Crippen LogP contribution in [0.5, 0.6) is 0 Å². The molecule has 0 aromatic heterocycles. The first kappa shape index (κ1) is 12.7. The third-order valence-electron chi connectivity index (χ3n) is 4.22. The Labute approximate surface area is 101 Å². The van der Waals surface area contributed by atoms with Crippen LogP contribution in [0.4, 0.5) is 4.39 Å². The first-order chi connectivity index (χ1) is 7.64. The molecule has 2 nitrogen and oxygen atoms in total. The van der Waals surface area contributed by atoms with Crippen LogP contribution in [0.25, 0.3) is 0 Å². The fourth-order valence-electron chi connectivity index (χ4n) is 2.93. The van der Waals surface area contributed by atoms with Gasteiger partial charge in [0.25, 0.3) is 0 Å². The normalized spacial score (nSPS) is 38.8. The molecule has 4 heteroatoms. The maximum atomic E-state index is 14.6. The van der Waals surface area contributed by atoms with Gasteiger partial charge in [-0.25, -0.2) is 4.39 Å². The molecular weight excluding hydrogens is 225 g/mol. The zero-order valence-electron chi connectivity index (χ0n) is 10.0. The number of thioether (sulfide) groups is 1. The van der Waals surface area contributed by atoms with E-state index in [-0.39, 0.29) is 18.1 Å². The molecule has 0 amide bonds. The maximum absolute atomic E-state index is 14.6. The molecule has 2 aliphatic rings. The lowest BCUT2D eigenvalue weighted by Gasteiger charge is -2.43. The van der Waals surface area contributed by atoms with Crippen LogP contribution in [0, 0.1) is 5.92 Å². The van der Waals surface area contributed by atoms with Crippen LogP contribution >= 0.6 is 11.8 Å². The largest absolute Gasteiger partial charge is 0.374 e. The molecule has 2 fully saturated rings. The van der Waals surface area contributed by atoms with Crippen molar-refractivity contribution in [2.75, 3.05) is 24.7 Å². The molecule has 0 aromatic carbocycles. The minimum absolute atomic E-state index is 0.0325. The Bertz CT molecular complexity index is 239. The van der Waals surface area contributed by atoms with Crippen molar-refractivity contribution in [2.24, 2.45) is 11.7 Å². The molecule has 1 spiro atoms. The van der Waals surface area contributed by atoms with Gasteiger partial charge in [0, 0.05) is 18.9 Å². The second kappa shape index (κ2) is 4.83. The van der Waals surface area contributed by atoms with Crippen molar-refractivity contribution in [1.82, 2.24) is 0 Å². The molecule has 2 rings (SSSR count). The highest BCUT2D eigenvalue weighted by Crippen LogP contribution is 2.45. The van der Waals surface area contributed by atoms with E-state index in [0.29, 0.717) is 13.0 Å². The van der Waals surface area contributed by atoms with E-state index in [1.807, 2.05) is 18.7 Å². The highest BCUT2D eigenvalue weighted by atomic mass is 32.2. The van der Waals surface area contributed by atoms with E-state index in [0.717, 1.165) is 30.8 Å². The van der Waals surface area contributed by atoms with Crippen LogP contribution < -0.4 is 5.73 Å². The molecular formula is C12H22FNOS. The molecule has 2 N–H and O–H groups in total. The van der Waals surface area contributed by atoms with E-state index in [2.05, 4.69) is 0 Å². The average molecular weight is 247 g/mol. The zero-order valence-corrected chi connectivity index (χ0v) is 10.8. The van der Waals surface area contributed by atoms with Crippen molar-refractivity contribution < 1.29 is 9.13 Å². The molecule has 0 aromatic rings. The number of halogens is 1. The molecule has 2 aliphatic heterocycles. The summed E-state index contributed by atoms with van der Waals surface area (Å²) in [5, 5.41) is 0. The number of hydrogen-bond acceptors (Lipinski definition) is 3. The summed E-state index contributed by atoms with van der Waals surface area (Å²) in [7, 11) is 0. The van der Waals surface area contributed by atoms with E-state index in [4.69, 9.17) is 10.5 Å². The molecule has 0 radical (unpaired) electrons. The summed E-state index contributed by atoms with van der Waals surface area (Å²) in [6, 6.07) is 0. The smallest absolute Gasteiger partial charge is 0.125 e. The van der Waals surface area contributed by atoms with Gasteiger partial charge in [0.2, 0.25) is 0 Å². The van der Waals surface area contributed by atoms with E-state index in [9.17, 15) is 4.39 Å². The molecule has 94 valence electrons. The van der Waals surface area contributed by atoms with Crippen molar-refractivity contribution in [3.63, 3.8) is 0 Å². The monoisotopic (exact) mass is 247 g/mol. The molecule has 0 aliphatic carbocycles. The van der Waals surface area contributed by atoms with Crippen molar-refractivity contribution in [1.29, 1.82) is 0 Å². The van der Waals surface area contributed by atoms with Crippen LogP contribution in [0.3, 0.4) is 0 Å². The summed E-state index contributed by atoms with van der Waals surface area (Å²) >= 11 is 1.93. The van der Waals surface area contributed by atoms with Crippen molar-refractivity contribution in [3.8, 4) is 0 Å². The number of nitrogens with two attached hydrogens (primary N) is 1. The first-order valence-electron chi connectivity index (χ1n) is 6.25. The lowest BCUT2D eigenvalue weighted by molar-refractivity contribution is -0.109. The zero-order chi connectivity index (χ0) is 11.6. The predicted octanol–water partition coefficient (Wildman–Crippen LogP) is 2.37. The lowest BCUT2D eigenvalue weighted by Crippen LogP contribution is -2.49. The Morgan fingerprint density at radius 2 is 2.44 bits per heavy atom. The Hall–Kier alpha value is 0.200. The van der Waals surface area contributed by atoms with Gasteiger partial charge in [-0.15, -0.1) is 0 Å². The molecule has 16 heavy (non-hydrogen) atoms. The molecule has 2 heterocycles. The van der Waals surface area contributed by atoms with Gasteiger partial charge in [0.05, 0.1) is 5.60 Å². The van der Waals surface area contributed by atoms with Gasteiger partial charge in [-0.2, -0.15) is 11.8 Å². The lowest BCUT2D eigenvalue weighted by atomic mass is 9.75. The van der Waals surface area contributed by atoms with Crippen LogP contribution in [0.15, 0.2) is 0 Å². The highest BCUT2D eigenvalue weighted by Gasteiger charge is 2.47. The van der Waals surface area contributed by atoms with E-state index in [1.54, 1.807) is 0 Å². The molecule has 2 saturated heterocycles. The highest BCUT2D eigenvalue weighted by molar-refractivity contribution is 7.99. The summed E-state index contributed by atoms with van der Waals surface area (Å²) in [6.45, 7) is 2.76. The van der Waals surface area contributed by atoms with Crippen molar-refractivity contribution in [2.45, 2.75) is 43.9 Å². The van der Waals surface area contributed by atoms with Gasteiger partial charge >= 0.3 is 0 Å². The Balaban J connectivity index is 2.06. The van der Waals surface area contributed by atoms with Gasteiger partial charge in [-0.05, 0) is 37.4 Å². The number of alkyl halides is 1. The Morgan fingerprint density at radius 3 is 3.00 bits per heavy atom. The number of rotatable bonds is 3. The molecule has 0 saturated carbocycles. The first-order valence-corrected chi connectivity index (χ1v) is 7.40. The van der Waals surface area contributed by atoms with Gasteiger partial charge in [-0.3, -0.25) is 0 Å². The number of ether oxygens (including phenoxy) is 1. The van der Waals surface area contributed by atoms with E-state index >= 15 is 0 Å². The fourth-order valence-corrected chi connectivity index (χ4v) is 4.31. The minimum atomic E-state index is -1.18. The van der Waals surface area contributed by atoms with Gasteiger partial charge in [-0.1, -0.05) is 6.92 Å². The summed E-state index contributed by atoms with van der Waals surface area (Å²) in [5.41, 5.74) is 4.41. The third kappa shape index (κ3) is 2.24. The maximum Gasteiger partial charge on any atom is 0.125 e. The molecule has 3 unspecified atom stereocenters.